The molecular weight excluding hydrogens is 369 g/mol. The molecule has 1 aliphatic heterocycles. The van der Waals surface area contributed by atoms with Gasteiger partial charge in [0.2, 0.25) is 0 Å². The van der Waals surface area contributed by atoms with E-state index in [1.165, 1.54) is 18.2 Å². The molecule has 0 amide bonds. The predicted molar refractivity (Wildman–Crippen MR) is 89.6 cm³/mol. The highest BCUT2D eigenvalue weighted by molar-refractivity contribution is 7.89. The lowest BCUT2D eigenvalue weighted by molar-refractivity contribution is -0.137. The van der Waals surface area contributed by atoms with Crippen molar-refractivity contribution < 1.29 is 26.3 Å². The topological polar surface area (TPSA) is 67.8 Å². The molecule has 1 aliphatic rings. The van der Waals surface area contributed by atoms with Crippen molar-refractivity contribution in [2.24, 2.45) is 5.10 Å². The van der Waals surface area contributed by atoms with Crippen LogP contribution in [0, 0.1) is 6.92 Å². The van der Waals surface area contributed by atoms with E-state index in [4.69, 9.17) is 4.74 Å². The Kier molecular flexibility index (Phi) is 4.66. The molecule has 0 atom stereocenters. The van der Waals surface area contributed by atoms with E-state index in [0.717, 1.165) is 17.7 Å². The number of ether oxygens (including phenoxy) is 1. The number of fused-ring (bicyclic) bond motifs is 1. The fraction of sp³-hybridized carbons (Fsp3) is 0.235. The van der Waals surface area contributed by atoms with Gasteiger partial charge >= 0.3 is 6.18 Å². The third-order valence-corrected chi connectivity index (χ3v) is 5.07. The van der Waals surface area contributed by atoms with Gasteiger partial charge in [-0.05, 0) is 37.3 Å². The Morgan fingerprint density at radius 1 is 1.12 bits per heavy atom. The molecule has 0 saturated carbocycles. The van der Waals surface area contributed by atoms with E-state index >= 15 is 0 Å². The van der Waals surface area contributed by atoms with Crippen molar-refractivity contribution in [3.8, 4) is 5.75 Å². The van der Waals surface area contributed by atoms with E-state index in [0.29, 0.717) is 11.3 Å². The van der Waals surface area contributed by atoms with Crippen LogP contribution in [0.15, 0.2) is 52.5 Å². The van der Waals surface area contributed by atoms with Crippen molar-refractivity contribution >= 4 is 15.7 Å². The number of sulfonamides is 1. The monoisotopic (exact) mass is 384 g/mol. The van der Waals surface area contributed by atoms with Gasteiger partial charge in [0.15, 0.2) is 0 Å². The summed E-state index contributed by atoms with van der Waals surface area (Å²) < 4.78 is 68.2. The maximum absolute atomic E-state index is 12.8. The zero-order valence-electron chi connectivity index (χ0n) is 13.7. The summed E-state index contributed by atoms with van der Waals surface area (Å²) in [7, 11) is -3.87. The Hall–Kier alpha value is -2.55. The summed E-state index contributed by atoms with van der Waals surface area (Å²) >= 11 is 0. The molecule has 0 bridgehead atoms. The molecule has 9 heteroatoms. The second kappa shape index (κ2) is 6.64. The average Bonchev–Trinajstić information content (AvgIpc) is 2.59. The SMILES string of the molecule is Cc1ccc(S(=O)(=O)NN=C2CCOc3cc(C(F)(F)F)ccc32)cc1. The fourth-order valence-electron chi connectivity index (χ4n) is 2.45. The Balaban J connectivity index is 1.88. The van der Waals surface area contributed by atoms with Gasteiger partial charge in [0.25, 0.3) is 10.0 Å². The van der Waals surface area contributed by atoms with Crippen LogP contribution in [0.25, 0.3) is 0 Å². The lowest BCUT2D eigenvalue weighted by Gasteiger charge is -2.20. The van der Waals surface area contributed by atoms with Crippen LogP contribution in [-0.2, 0) is 16.2 Å². The van der Waals surface area contributed by atoms with Gasteiger partial charge in [-0.25, -0.2) is 0 Å². The lowest BCUT2D eigenvalue weighted by Crippen LogP contribution is -2.24. The van der Waals surface area contributed by atoms with E-state index in [2.05, 4.69) is 9.93 Å². The molecule has 0 aliphatic carbocycles. The van der Waals surface area contributed by atoms with Crippen LogP contribution in [-0.4, -0.2) is 20.7 Å². The number of benzene rings is 2. The number of aryl methyl sites for hydroxylation is 1. The number of nitrogens with zero attached hydrogens (tertiary/aromatic N) is 1. The maximum Gasteiger partial charge on any atom is 0.416 e. The molecule has 0 aromatic heterocycles. The maximum atomic E-state index is 12.8. The number of rotatable bonds is 3. The van der Waals surface area contributed by atoms with Gasteiger partial charge in [0, 0.05) is 12.0 Å². The summed E-state index contributed by atoms with van der Waals surface area (Å²) in [4.78, 5) is 2.18. The Morgan fingerprint density at radius 3 is 2.46 bits per heavy atom. The number of hydrogen-bond acceptors (Lipinski definition) is 4. The molecule has 2 aromatic carbocycles. The number of hydrogen-bond donors (Lipinski definition) is 1. The molecule has 1 N–H and O–H groups in total. The Morgan fingerprint density at radius 2 is 1.81 bits per heavy atom. The van der Waals surface area contributed by atoms with Gasteiger partial charge in [-0.15, -0.1) is 0 Å². The normalized spacial score (nSPS) is 16.1. The zero-order chi connectivity index (χ0) is 18.9. The molecule has 3 rings (SSSR count). The quantitative estimate of drug-likeness (QED) is 0.824. The molecule has 0 radical (unpaired) electrons. The van der Waals surface area contributed by atoms with Crippen LogP contribution in [0.5, 0.6) is 5.75 Å². The predicted octanol–water partition coefficient (Wildman–Crippen LogP) is 3.48. The molecule has 2 aromatic rings. The van der Waals surface area contributed by atoms with E-state index in [-0.39, 0.29) is 23.7 Å². The number of halogens is 3. The number of alkyl halides is 3. The minimum atomic E-state index is -4.49. The van der Waals surface area contributed by atoms with Crippen molar-refractivity contribution in [1.29, 1.82) is 0 Å². The summed E-state index contributed by atoms with van der Waals surface area (Å²) in [6, 6.07) is 9.25. The zero-order valence-corrected chi connectivity index (χ0v) is 14.5. The van der Waals surface area contributed by atoms with Crippen LogP contribution < -0.4 is 9.57 Å². The molecular formula is C17H15F3N2O3S. The van der Waals surface area contributed by atoms with Gasteiger partial charge < -0.3 is 4.74 Å². The second-order valence-corrected chi connectivity index (χ2v) is 7.43. The van der Waals surface area contributed by atoms with Crippen molar-refractivity contribution in [2.45, 2.75) is 24.4 Å². The minimum Gasteiger partial charge on any atom is -0.492 e. The first-order valence-corrected chi connectivity index (χ1v) is 9.14. The number of hydrazone groups is 1. The van der Waals surface area contributed by atoms with Gasteiger partial charge in [-0.2, -0.15) is 31.5 Å². The third-order valence-electron chi connectivity index (χ3n) is 3.85. The molecule has 0 saturated heterocycles. The second-order valence-electron chi connectivity index (χ2n) is 5.77. The van der Waals surface area contributed by atoms with Gasteiger partial charge in [0.1, 0.15) is 5.75 Å². The molecule has 5 nitrogen and oxygen atoms in total. The third kappa shape index (κ3) is 3.82. The first kappa shape index (κ1) is 18.2. The largest absolute Gasteiger partial charge is 0.492 e. The van der Waals surface area contributed by atoms with Crippen molar-refractivity contribution in [1.82, 2.24) is 4.83 Å². The first-order valence-electron chi connectivity index (χ1n) is 7.66. The highest BCUT2D eigenvalue weighted by atomic mass is 32.2. The fourth-order valence-corrected chi connectivity index (χ4v) is 3.28. The van der Waals surface area contributed by atoms with Gasteiger partial charge in [-0.1, -0.05) is 17.7 Å². The van der Waals surface area contributed by atoms with Crippen LogP contribution in [0.3, 0.4) is 0 Å². The summed E-state index contributed by atoms with van der Waals surface area (Å²) in [6.07, 6.45) is -4.21. The van der Waals surface area contributed by atoms with Crippen molar-refractivity contribution in [3.05, 3.63) is 59.2 Å². The lowest BCUT2D eigenvalue weighted by atomic mass is 10.0. The summed E-state index contributed by atoms with van der Waals surface area (Å²) in [5.41, 5.74) is 0.721. The first-order chi connectivity index (χ1) is 12.2. The van der Waals surface area contributed by atoms with Gasteiger partial charge in [0.05, 0.1) is 22.8 Å². The molecule has 138 valence electrons. The average molecular weight is 384 g/mol. The highest BCUT2D eigenvalue weighted by Crippen LogP contribution is 2.34. The standard InChI is InChI=1S/C17H15F3N2O3S/c1-11-2-5-13(6-3-11)26(23,24)22-21-15-8-9-25-16-10-12(17(18,19)20)4-7-14(15)16/h2-7,10,22H,8-9H2,1H3. The van der Waals surface area contributed by atoms with Crippen LogP contribution in [0.2, 0.25) is 0 Å². The number of nitrogens with one attached hydrogen (secondary N) is 1. The van der Waals surface area contributed by atoms with E-state index in [1.54, 1.807) is 12.1 Å². The Labute approximate surface area is 148 Å². The molecule has 0 fully saturated rings. The highest BCUT2D eigenvalue weighted by Gasteiger charge is 2.32. The van der Waals surface area contributed by atoms with Crippen LogP contribution in [0.1, 0.15) is 23.1 Å². The smallest absolute Gasteiger partial charge is 0.416 e. The molecule has 1 heterocycles. The van der Waals surface area contributed by atoms with Crippen molar-refractivity contribution in [2.75, 3.05) is 6.61 Å². The van der Waals surface area contributed by atoms with Crippen LogP contribution >= 0.6 is 0 Å². The minimum absolute atomic E-state index is 0.0272. The van der Waals surface area contributed by atoms with E-state index in [9.17, 15) is 21.6 Å². The Bertz CT molecular complexity index is 952. The van der Waals surface area contributed by atoms with Crippen LogP contribution in [0.4, 0.5) is 13.2 Å². The molecule has 0 unspecified atom stereocenters. The molecule has 0 spiro atoms. The summed E-state index contributed by atoms with van der Waals surface area (Å²) in [6.45, 7) is 1.94. The van der Waals surface area contributed by atoms with Crippen molar-refractivity contribution in [3.63, 3.8) is 0 Å². The van der Waals surface area contributed by atoms with E-state index < -0.39 is 21.8 Å². The summed E-state index contributed by atoms with van der Waals surface area (Å²) in [5, 5.41) is 3.90. The van der Waals surface area contributed by atoms with E-state index in [1.807, 2.05) is 6.92 Å². The summed E-state index contributed by atoms with van der Waals surface area (Å²) in [5.74, 6) is 0.0272. The molecule has 26 heavy (non-hydrogen) atoms. The van der Waals surface area contributed by atoms with Gasteiger partial charge in [-0.3, -0.25) is 0 Å².